The summed E-state index contributed by atoms with van der Waals surface area (Å²) in [6.07, 6.45) is 7.26. The first-order valence-corrected chi connectivity index (χ1v) is 13.0. The van der Waals surface area contributed by atoms with E-state index in [0.29, 0.717) is 49.3 Å². The summed E-state index contributed by atoms with van der Waals surface area (Å²) in [5.74, 6) is -2.78. The van der Waals surface area contributed by atoms with Crippen molar-refractivity contribution < 1.29 is 27.4 Å². The second-order valence-corrected chi connectivity index (χ2v) is 10.5. The summed E-state index contributed by atoms with van der Waals surface area (Å²) >= 11 is 0. The van der Waals surface area contributed by atoms with Crippen LogP contribution in [0.4, 0.5) is 13.2 Å². The van der Waals surface area contributed by atoms with Gasteiger partial charge in [-0.3, -0.25) is 4.79 Å². The van der Waals surface area contributed by atoms with E-state index in [0.717, 1.165) is 37.7 Å². The van der Waals surface area contributed by atoms with E-state index in [1.807, 2.05) is 12.1 Å². The molecule has 0 N–H and O–H groups in total. The number of esters is 1. The van der Waals surface area contributed by atoms with Gasteiger partial charge in [0.25, 0.3) is 0 Å². The molecule has 2 saturated carbocycles. The first kappa shape index (κ1) is 24.4. The molecule has 6 heteroatoms. The van der Waals surface area contributed by atoms with Gasteiger partial charge in [0.1, 0.15) is 11.9 Å². The Morgan fingerprint density at radius 3 is 2.14 bits per heavy atom. The first-order chi connectivity index (χ1) is 16.9. The number of rotatable bonds is 6. The van der Waals surface area contributed by atoms with E-state index >= 15 is 0 Å². The SMILES string of the molecule is CCC1CCC(c2ccc(OC(=O)C3CCC(c4ccc(C5CO5)cc4F)CC3)c(F)c2F)CC1. The Balaban J connectivity index is 1.18. The Hall–Kier alpha value is -2.34. The third kappa shape index (κ3) is 5.28. The van der Waals surface area contributed by atoms with E-state index in [9.17, 15) is 18.0 Å². The summed E-state index contributed by atoms with van der Waals surface area (Å²) in [7, 11) is 0. The van der Waals surface area contributed by atoms with Crippen molar-refractivity contribution in [2.75, 3.05) is 6.61 Å². The molecule has 35 heavy (non-hydrogen) atoms. The normalized spacial score (nSPS) is 28.5. The Morgan fingerprint density at radius 2 is 1.51 bits per heavy atom. The van der Waals surface area contributed by atoms with Crippen LogP contribution in [0.2, 0.25) is 0 Å². The van der Waals surface area contributed by atoms with Gasteiger partial charge in [0.2, 0.25) is 5.82 Å². The summed E-state index contributed by atoms with van der Waals surface area (Å²) in [5.41, 5.74) is 1.91. The van der Waals surface area contributed by atoms with Crippen LogP contribution in [0.15, 0.2) is 30.3 Å². The van der Waals surface area contributed by atoms with Crippen LogP contribution in [0.1, 0.15) is 99.3 Å². The monoisotopic (exact) mass is 486 g/mol. The molecule has 1 unspecified atom stereocenters. The molecule has 0 bridgehead atoms. The molecule has 1 heterocycles. The van der Waals surface area contributed by atoms with Gasteiger partial charge in [-0.15, -0.1) is 0 Å². The van der Waals surface area contributed by atoms with Crippen molar-refractivity contribution in [3.8, 4) is 5.75 Å². The fourth-order valence-corrected chi connectivity index (χ4v) is 5.97. The minimum absolute atomic E-state index is 0.0126. The topological polar surface area (TPSA) is 38.8 Å². The van der Waals surface area contributed by atoms with Gasteiger partial charge >= 0.3 is 5.97 Å². The quantitative estimate of drug-likeness (QED) is 0.238. The van der Waals surface area contributed by atoms with Crippen LogP contribution in [0.25, 0.3) is 0 Å². The van der Waals surface area contributed by atoms with Crippen molar-refractivity contribution in [2.24, 2.45) is 11.8 Å². The minimum atomic E-state index is -1.08. The molecule has 2 aromatic carbocycles. The van der Waals surface area contributed by atoms with Crippen LogP contribution >= 0.6 is 0 Å². The molecule has 0 radical (unpaired) electrons. The lowest BCUT2D eigenvalue weighted by Gasteiger charge is -2.29. The molecule has 3 fully saturated rings. The fourth-order valence-electron chi connectivity index (χ4n) is 5.97. The highest BCUT2D eigenvalue weighted by Crippen LogP contribution is 2.41. The molecular weight excluding hydrogens is 453 g/mol. The summed E-state index contributed by atoms with van der Waals surface area (Å²) in [4.78, 5) is 12.7. The molecule has 3 nitrogen and oxygen atoms in total. The Morgan fingerprint density at radius 1 is 0.886 bits per heavy atom. The van der Waals surface area contributed by atoms with Crippen LogP contribution < -0.4 is 4.74 Å². The van der Waals surface area contributed by atoms with Crippen molar-refractivity contribution in [2.45, 2.75) is 82.7 Å². The Labute approximate surface area is 205 Å². The Kier molecular flexibility index (Phi) is 7.19. The van der Waals surface area contributed by atoms with E-state index in [1.54, 1.807) is 12.1 Å². The molecule has 2 aromatic rings. The maximum atomic E-state index is 14.9. The minimum Gasteiger partial charge on any atom is -0.423 e. The predicted molar refractivity (Wildman–Crippen MR) is 127 cm³/mol. The van der Waals surface area contributed by atoms with Crippen molar-refractivity contribution in [3.63, 3.8) is 0 Å². The molecule has 0 aromatic heterocycles. The third-order valence-corrected chi connectivity index (χ3v) is 8.38. The summed E-state index contributed by atoms with van der Waals surface area (Å²) in [6.45, 7) is 2.81. The largest absolute Gasteiger partial charge is 0.423 e. The fraction of sp³-hybridized carbons (Fsp3) is 0.552. The number of hydrogen-bond donors (Lipinski definition) is 0. The van der Waals surface area contributed by atoms with Crippen molar-refractivity contribution in [3.05, 3.63) is 64.5 Å². The van der Waals surface area contributed by atoms with Crippen molar-refractivity contribution >= 4 is 5.97 Å². The zero-order valence-electron chi connectivity index (χ0n) is 20.2. The lowest BCUT2D eigenvalue weighted by atomic mass is 9.77. The van der Waals surface area contributed by atoms with Crippen LogP contribution in [0.3, 0.4) is 0 Å². The highest BCUT2D eigenvalue weighted by molar-refractivity contribution is 5.75. The average Bonchev–Trinajstić information content (AvgIpc) is 3.73. The highest BCUT2D eigenvalue weighted by Gasteiger charge is 2.32. The molecule has 188 valence electrons. The highest BCUT2D eigenvalue weighted by atomic mass is 19.2. The van der Waals surface area contributed by atoms with Gasteiger partial charge in [0, 0.05) is 0 Å². The average molecular weight is 487 g/mol. The van der Waals surface area contributed by atoms with Crippen molar-refractivity contribution in [1.82, 2.24) is 0 Å². The van der Waals surface area contributed by atoms with Crippen LogP contribution in [-0.4, -0.2) is 12.6 Å². The number of epoxide rings is 1. The van der Waals surface area contributed by atoms with Gasteiger partial charge in [-0.1, -0.05) is 31.5 Å². The number of benzene rings is 2. The molecule has 0 spiro atoms. The third-order valence-electron chi connectivity index (χ3n) is 8.38. The predicted octanol–water partition coefficient (Wildman–Crippen LogP) is 7.74. The van der Waals surface area contributed by atoms with Crippen LogP contribution in [-0.2, 0) is 9.53 Å². The number of halogens is 3. The zero-order chi connectivity index (χ0) is 24.5. The van der Waals surface area contributed by atoms with Crippen LogP contribution in [0.5, 0.6) is 5.75 Å². The summed E-state index contributed by atoms with van der Waals surface area (Å²) in [6, 6.07) is 8.25. The molecular formula is C29H33F3O3. The number of hydrogen-bond acceptors (Lipinski definition) is 3. The van der Waals surface area contributed by atoms with E-state index in [4.69, 9.17) is 9.47 Å². The maximum absolute atomic E-state index is 14.9. The second-order valence-electron chi connectivity index (χ2n) is 10.5. The smallest absolute Gasteiger partial charge is 0.314 e. The number of carbonyl (C=O) groups is 1. The van der Waals surface area contributed by atoms with E-state index in [-0.39, 0.29) is 29.5 Å². The lowest BCUT2D eigenvalue weighted by Crippen LogP contribution is -2.26. The van der Waals surface area contributed by atoms with E-state index in [2.05, 4.69) is 6.92 Å². The van der Waals surface area contributed by atoms with Gasteiger partial charge in [0.05, 0.1) is 12.5 Å². The van der Waals surface area contributed by atoms with Gasteiger partial charge in [-0.05, 0) is 97.9 Å². The summed E-state index contributed by atoms with van der Waals surface area (Å²) in [5, 5.41) is 0. The van der Waals surface area contributed by atoms with E-state index in [1.165, 1.54) is 6.07 Å². The molecule has 1 saturated heterocycles. The van der Waals surface area contributed by atoms with E-state index < -0.39 is 23.5 Å². The number of carbonyl (C=O) groups excluding carboxylic acids is 1. The maximum Gasteiger partial charge on any atom is 0.314 e. The second kappa shape index (κ2) is 10.3. The molecule has 1 aliphatic heterocycles. The molecule has 1 atom stereocenters. The zero-order valence-corrected chi connectivity index (χ0v) is 20.2. The summed E-state index contributed by atoms with van der Waals surface area (Å²) < 4.78 is 54.8. The van der Waals surface area contributed by atoms with Gasteiger partial charge in [-0.2, -0.15) is 4.39 Å². The molecule has 5 rings (SSSR count). The van der Waals surface area contributed by atoms with Gasteiger partial charge in [-0.25, -0.2) is 8.78 Å². The molecule has 2 aliphatic carbocycles. The lowest BCUT2D eigenvalue weighted by molar-refractivity contribution is -0.140. The molecule has 3 aliphatic rings. The van der Waals surface area contributed by atoms with Crippen molar-refractivity contribution in [1.29, 1.82) is 0 Å². The standard InChI is InChI=1S/C29H33F3O3/c1-2-17-3-5-19(6-4-17)23-13-14-25(28(32)27(23)31)35-29(33)20-9-7-18(8-10-20)22-12-11-21(15-24(22)30)26-16-34-26/h11-15,17-20,26H,2-10,16H2,1H3. The molecule has 0 amide bonds. The first-order valence-electron chi connectivity index (χ1n) is 13.0. The van der Waals surface area contributed by atoms with Gasteiger partial charge < -0.3 is 9.47 Å². The van der Waals surface area contributed by atoms with Gasteiger partial charge in [0.15, 0.2) is 11.6 Å². The Bertz CT molecular complexity index is 1070. The number of ether oxygens (including phenoxy) is 2. The van der Waals surface area contributed by atoms with Crippen LogP contribution in [0, 0.1) is 29.3 Å².